The van der Waals surface area contributed by atoms with E-state index in [0.717, 1.165) is 0 Å². The van der Waals surface area contributed by atoms with Gasteiger partial charge in [0.25, 0.3) is 0 Å². The van der Waals surface area contributed by atoms with Crippen molar-refractivity contribution in [3.63, 3.8) is 0 Å². The van der Waals surface area contributed by atoms with Crippen LogP contribution in [0.2, 0.25) is 10.0 Å². The summed E-state index contributed by atoms with van der Waals surface area (Å²) in [5.74, 6) is -1.31. The van der Waals surface area contributed by atoms with Crippen LogP contribution in [-0.2, 0) is 10.2 Å². The third-order valence-corrected chi connectivity index (χ3v) is 4.38. The van der Waals surface area contributed by atoms with Gasteiger partial charge in [0.15, 0.2) is 0 Å². The Hall–Kier alpha value is -1.91. The molecule has 0 aromatic heterocycles. The van der Waals surface area contributed by atoms with Crippen LogP contribution in [0.5, 0.6) is 11.5 Å². The molecule has 0 amide bonds. The van der Waals surface area contributed by atoms with Crippen molar-refractivity contribution in [1.29, 1.82) is 0 Å². The van der Waals surface area contributed by atoms with Gasteiger partial charge in [0.1, 0.15) is 16.9 Å². The number of carboxylic acid groups (broad SMARTS) is 1. The van der Waals surface area contributed by atoms with E-state index in [9.17, 15) is 20.1 Å². The molecule has 2 aromatic rings. The first-order valence-electron chi connectivity index (χ1n) is 6.54. The molecule has 0 spiro atoms. The van der Waals surface area contributed by atoms with E-state index in [1.165, 1.54) is 36.4 Å². The number of benzene rings is 2. The zero-order valence-corrected chi connectivity index (χ0v) is 13.2. The van der Waals surface area contributed by atoms with Crippen LogP contribution in [0.25, 0.3) is 0 Å². The number of halogens is 2. The van der Waals surface area contributed by atoms with Crippen LogP contribution in [0.4, 0.5) is 0 Å². The van der Waals surface area contributed by atoms with E-state index in [1.807, 2.05) is 0 Å². The molecule has 0 atom stereocenters. The fraction of sp³-hybridized carbons (Fsp3) is 0.188. The average Bonchev–Trinajstić information content (AvgIpc) is 2.47. The minimum absolute atomic E-state index is 0.0708. The quantitative estimate of drug-likeness (QED) is 0.779. The Kier molecular flexibility index (Phi) is 4.54. The van der Waals surface area contributed by atoms with Gasteiger partial charge < -0.3 is 15.3 Å². The van der Waals surface area contributed by atoms with E-state index in [1.54, 1.807) is 6.92 Å². The van der Waals surface area contributed by atoms with Gasteiger partial charge in [0, 0.05) is 0 Å². The fourth-order valence-electron chi connectivity index (χ4n) is 2.52. The van der Waals surface area contributed by atoms with Crippen molar-refractivity contribution in [3.8, 4) is 11.5 Å². The van der Waals surface area contributed by atoms with Crippen LogP contribution in [0, 0.1) is 0 Å². The van der Waals surface area contributed by atoms with Crippen molar-refractivity contribution in [2.45, 2.75) is 18.8 Å². The molecule has 2 rings (SSSR count). The molecule has 0 fully saturated rings. The molecule has 4 nitrogen and oxygen atoms in total. The SMILES string of the molecule is CCC(C(=O)O)(c1ccc(O)c(Cl)c1)c1ccc(O)c(Cl)c1. The number of carboxylic acids is 1. The Morgan fingerprint density at radius 2 is 1.41 bits per heavy atom. The number of carbonyl (C=O) groups is 1. The normalized spacial score (nSPS) is 11.4. The Morgan fingerprint density at radius 1 is 1.00 bits per heavy atom. The van der Waals surface area contributed by atoms with E-state index < -0.39 is 11.4 Å². The summed E-state index contributed by atoms with van der Waals surface area (Å²) in [5.41, 5.74) is -0.534. The number of hydrogen-bond donors (Lipinski definition) is 3. The molecule has 3 N–H and O–H groups in total. The van der Waals surface area contributed by atoms with Gasteiger partial charge in [-0.15, -0.1) is 0 Å². The van der Waals surface area contributed by atoms with Crippen molar-refractivity contribution < 1.29 is 20.1 Å². The van der Waals surface area contributed by atoms with Crippen molar-refractivity contribution >= 4 is 29.2 Å². The lowest BCUT2D eigenvalue weighted by molar-refractivity contribution is -0.142. The standard InChI is InChI=1S/C16H14Cl2O4/c1-2-16(15(21)22,9-3-5-13(19)11(17)7-9)10-4-6-14(20)12(18)8-10/h3-8,19-20H,2H2,1H3,(H,21,22). The molecule has 6 heteroatoms. The summed E-state index contributed by atoms with van der Waals surface area (Å²) >= 11 is 11.8. The molecule has 0 bridgehead atoms. The van der Waals surface area contributed by atoms with E-state index >= 15 is 0 Å². The largest absolute Gasteiger partial charge is 0.506 e. The van der Waals surface area contributed by atoms with Gasteiger partial charge in [-0.05, 0) is 41.8 Å². The third-order valence-electron chi connectivity index (χ3n) is 3.78. The van der Waals surface area contributed by atoms with Crippen LogP contribution in [0.1, 0.15) is 24.5 Å². The first-order valence-corrected chi connectivity index (χ1v) is 7.30. The number of aliphatic carboxylic acids is 1. The third kappa shape index (κ3) is 2.60. The summed E-state index contributed by atoms with van der Waals surface area (Å²) < 4.78 is 0. The average molecular weight is 341 g/mol. The first-order chi connectivity index (χ1) is 10.3. The molecule has 116 valence electrons. The molecule has 0 aliphatic rings. The highest BCUT2D eigenvalue weighted by molar-refractivity contribution is 6.32. The number of hydrogen-bond acceptors (Lipinski definition) is 3. The highest BCUT2D eigenvalue weighted by atomic mass is 35.5. The molecular formula is C16H14Cl2O4. The molecule has 2 aromatic carbocycles. The zero-order chi connectivity index (χ0) is 16.5. The predicted molar refractivity (Wildman–Crippen MR) is 84.9 cm³/mol. The second-order valence-electron chi connectivity index (χ2n) is 4.90. The summed E-state index contributed by atoms with van der Waals surface area (Å²) in [6.45, 7) is 1.73. The second kappa shape index (κ2) is 6.07. The zero-order valence-electron chi connectivity index (χ0n) is 11.7. The highest BCUT2D eigenvalue weighted by Gasteiger charge is 2.41. The summed E-state index contributed by atoms with van der Waals surface area (Å²) in [5, 5.41) is 29.1. The van der Waals surface area contributed by atoms with E-state index in [0.29, 0.717) is 11.1 Å². The van der Waals surface area contributed by atoms with Gasteiger partial charge in [-0.25, -0.2) is 0 Å². The lowest BCUT2D eigenvalue weighted by Gasteiger charge is -2.30. The Morgan fingerprint density at radius 3 is 1.68 bits per heavy atom. The molecule has 0 aliphatic heterocycles. The Bertz CT molecular complexity index is 677. The number of phenolic OH excluding ortho intramolecular Hbond substituents is 2. The molecule has 0 unspecified atom stereocenters. The van der Waals surface area contributed by atoms with Crippen molar-refractivity contribution in [2.24, 2.45) is 0 Å². The van der Waals surface area contributed by atoms with Gasteiger partial charge in [-0.1, -0.05) is 42.3 Å². The van der Waals surface area contributed by atoms with E-state index in [-0.39, 0.29) is 28.0 Å². The van der Waals surface area contributed by atoms with Gasteiger partial charge in [0.2, 0.25) is 0 Å². The van der Waals surface area contributed by atoms with Gasteiger partial charge in [-0.2, -0.15) is 0 Å². The number of phenols is 2. The highest BCUT2D eigenvalue weighted by Crippen LogP contribution is 2.41. The van der Waals surface area contributed by atoms with E-state index in [2.05, 4.69) is 0 Å². The van der Waals surface area contributed by atoms with Gasteiger partial charge in [-0.3, -0.25) is 4.79 Å². The molecule has 22 heavy (non-hydrogen) atoms. The summed E-state index contributed by atoms with van der Waals surface area (Å²) in [7, 11) is 0. The van der Waals surface area contributed by atoms with Gasteiger partial charge in [0.05, 0.1) is 10.0 Å². The van der Waals surface area contributed by atoms with Crippen LogP contribution in [0.3, 0.4) is 0 Å². The van der Waals surface area contributed by atoms with Crippen molar-refractivity contribution in [3.05, 3.63) is 57.6 Å². The summed E-state index contributed by atoms with van der Waals surface area (Å²) in [6, 6.07) is 8.59. The molecule has 0 saturated carbocycles. The van der Waals surface area contributed by atoms with Crippen molar-refractivity contribution in [1.82, 2.24) is 0 Å². The Labute approximate surface area is 137 Å². The van der Waals surface area contributed by atoms with Crippen LogP contribution < -0.4 is 0 Å². The van der Waals surface area contributed by atoms with Crippen LogP contribution >= 0.6 is 23.2 Å². The molecular weight excluding hydrogens is 327 g/mol. The monoisotopic (exact) mass is 340 g/mol. The predicted octanol–water partition coefficient (Wildman–Crippen LogP) is 4.19. The lowest BCUT2D eigenvalue weighted by atomic mass is 9.72. The smallest absolute Gasteiger partial charge is 0.318 e. The number of aromatic hydroxyl groups is 2. The first kappa shape index (κ1) is 16.5. The molecule has 0 heterocycles. The molecule has 0 radical (unpaired) electrons. The second-order valence-corrected chi connectivity index (χ2v) is 5.71. The summed E-state index contributed by atoms with van der Waals surface area (Å²) in [6.07, 6.45) is 0.241. The maximum Gasteiger partial charge on any atom is 0.318 e. The van der Waals surface area contributed by atoms with Crippen LogP contribution in [0.15, 0.2) is 36.4 Å². The van der Waals surface area contributed by atoms with Crippen molar-refractivity contribution in [2.75, 3.05) is 0 Å². The maximum absolute atomic E-state index is 12.0. The lowest BCUT2D eigenvalue weighted by Crippen LogP contribution is -2.36. The minimum atomic E-state index is -1.38. The molecule has 0 aliphatic carbocycles. The molecule has 0 saturated heterocycles. The van der Waals surface area contributed by atoms with Crippen LogP contribution in [-0.4, -0.2) is 21.3 Å². The fourth-order valence-corrected chi connectivity index (χ4v) is 2.88. The number of rotatable bonds is 4. The Balaban J connectivity index is 2.73. The summed E-state index contributed by atoms with van der Waals surface area (Å²) in [4.78, 5) is 12.0. The van der Waals surface area contributed by atoms with Gasteiger partial charge >= 0.3 is 5.97 Å². The minimum Gasteiger partial charge on any atom is -0.506 e. The topological polar surface area (TPSA) is 77.8 Å². The van der Waals surface area contributed by atoms with E-state index in [4.69, 9.17) is 23.2 Å². The maximum atomic E-state index is 12.0.